The number of fused-ring (bicyclic) bond motifs is 1. The van der Waals surface area contributed by atoms with Crippen LogP contribution in [0.1, 0.15) is 47.2 Å². The summed E-state index contributed by atoms with van der Waals surface area (Å²) in [5, 5.41) is 2.61. The molecule has 0 unspecified atom stereocenters. The molecule has 10 heteroatoms. The van der Waals surface area contributed by atoms with E-state index in [1.165, 1.54) is 10.9 Å². The maximum Gasteiger partial charge on any atom is 0.338 e. The molecule has 2 aromatic carbocycles. The first-order valence-corrected chi connectivity index (χ1v) is 11.6. The van der Waals surface area contributed by atoms with E-state index < -0.39 is 30.3 Å². The van der Waals surface area contributed by atoms with Gasteiger partial charge in [0.05, 0.1) is 18.0 Å². The summed E-state index contributed by atoms with van der Waals surface area (Å²) in [6, 6.07) is 17.2. The number of esters is 1. The first kappa shape index (κ1) is 23.6. The molecule has 2 aromatic heterocycles. The van der Waals surface area contributed by atoms with E-state index in [4.69, 9.17) is 9.47 Å². The van der Waals surface area contributed by atoms with E-state index in [0.717, 1.165) is 0 Å². The van der Waals surface area contributed by atoms with Crippen LogP contribution < -0.4 is 5.32 Å². The van der Waals surface area contributed by atoms with Gasteiger partial charge >= 0.3 is 12.0 Å². The Morgan fingerprint density at radius 2 is 1.72 bits per heavy atom. The van der Waals surface area contributed by atoms with Crippen LogP contribution in [0.2, 0.25) is 0 Å². The summed E-state index contributed by atoms with van der Waals surface area (Å²) in [4.78, 5) is 37.5. The Balaban J connectivity index is 1.49. The van der Waals surface area contributed by atoms with Crippen molar-refractivity contribution in [2.45, 2.75) is 38.7 Å². The molecule has 1 saturated heterocycles. The van der Waals surface area contributed by atoms with Crippen molar-refractivity contribution in [2.24, 2.45) is 5.92 Å². The summed E-state index contributed by atoms with van der Waals surface area (Å²) in [6.45, 7) is 3.92. The molecule has 0 aliphatic carbocycles. The number of imidazole rings is 1. The number of ether oxygens (including phenoxy) is 2. The van der Waals surface area contributed by atoms with E-state index in [2.05, 4.69) is 20.3 Å². The van der Waals surface area contributed by atoms with Gasteiger partial charge in [-0.05, 0) is 30.7 Å². The second-order valence-corrected chi connectivity index (χ2v) is 8.55. The van der Waals surface area contributed by atoms with Crippen molar-refractivity contribution >= 4 is 28.9 Å². The van der Waals surface area contributed by atoms with E-state index in [0.29, 0.717) is 17.5 Å². The predicted octanol–water partition coefficient (Wildman–Crippen LogP) is 4.39. The molecule has 4 atom stereocenters. The predicted molar refractivity (Wildman–Crippen MR) is 129 cm³/mol. The van der Waals surface area contributed by atoms with Gasteiger partial charge in [0, 0.05) is 11.5 Å². The van der Waals surface area contributed by atoms with Crippen LogP contribution in [-0.2, 0) is 9.47 Å². The highest BCUT2D eigenvalue weighted by atomic mass is 18.2. The number of amides is 1. The van der Waals surface area contributed by atoms with Crippen LogP contribution in [0.25, 0.3) is 11.2 Å². The Kier molecular flexibility index (Phi) is 6.43. The third-order valence-electron chi connectivity index (χ3n) is 6.29. The number of hydrogen-bond donors (Lipinski definition) is 1. The molecule has 1 aliphatic heterocycles. The first-order valence-electron chi connectivity index (χ1n) is 11.6. The zero-order valence-corrected chi connectivity index (χ0v) is 19.7. The highest BCUT2D eigenvalue weighted by molar-refractivity contribution is 6.06. The summed E-state index contributed by atoms with van der Waals surface area (Å²) in [5.41, 5.74) is 1.10. The monoisotopic (exact) mass is 488 g/mol. The van der Waals surface area contributed by atoms with E-state index >= 15 is 0 Å². The second-order valence-electron chi connectivity index (χ2n) is 8.55. The lowest BCUT2D eigenvalue weighted by Gasteiger charge is -2.22. The van der Waals surface area contributed by atoms with E-state index in [-0.39, 0.29) is 29.0 Å². The van der Waals surface area contributed by atoms with Gasteiger partial charge in [-0.25, -0.2) is 9.78 Å². The van der Waals surface area contributed by atoms with Gasteiger partial charge in [0.15, 0.2) is 29.3 Å². The van der Waals surface area contributed by atoms with Gasteiger partial charge in [0.2, 0.25) is 0 Å². The van der Waals surface area contributed by atoms with Crippen molar-refractivity contribution in [3.8, 4) is 0 Å². The number of halogens is 1. The maximum atomic E-state index is 14.5. The molecule has 5 rings (SSSR count). The summed E-state index contributed by atoms with van der Waals surface area (Å²) < 4.78 is 28.1. The number of carbonyl (C=O) groups excluding carboxylic acids is 2. The van der Waals surface area contributed by atoms with Gasteiger partial charge in [-0.15, -0.1) is 0 Å². The van der Waals surface area contributed by atoms with Crippen molar-refractivity contribution in [1.29, 1.82) is 0 Å². The van der Waals surface area contributed by atoms with Crippen LogP contribution >= 0.6 is 0 Å². The Morgan fingerprint density at radius 1 is 1.06 bits per heavy atom. The Hall–Kier alpha value is -4.18. The second kappa shape index (κ2) is 9.82. The Labute approximate surface area is 206 Å². The number of benzene rings is 2. The molecule has 1 amide bonds. The summed E-state index contributed by atoms with van der Waals surface area (Å²) in [7, 11) is 0. The summed E-state index contributed by atoms with van der Waals surface area (Å²) in [5.74, 6) is -1.16. The van der Waals surface area contributed by atoms with Crippen LogP contribution in [0, 0.1) is 12.0 Å². The fourth-order valence-electron chi connectivity index (χ4n) is 4.41. The highest BCUT2D eigenvalue weighted by Crippen LogP contribution is 2.39. The van der Waals surface area contributed by atoms with Gasteiger partial charge in [0.25, 0.3) is 5.91 Å². The molecular weight excluding hydrogens is 464 g/mol. The van der Waals surface area contributed by atoms with Gasteiger partial charge < -0.3 is 14.8 Å². The van der Waals surface area contributed by atoms with Crippen molar-refractivity contribution in [3.05, 3.63) is 84.2 Å². The molecule has 0 bridgehead atoms. The SMILES string of the molecule is CC[C@H]1O[C@@H](n2cnc3c(NC(=O)c4ccccc4)nc([18F])nc32)[C@H](OC(=O)c2ccccc2)[C@@H]1C. The number of aromatic nitrogens is 4. The van der Waals surface area contributed by atoms with Crippen molar-refractivity contribution < 1.29 is 23.5 Å². The quantitative estimate of drug-likeness (QED) is 0.317. The molecular formula is C26H24FN5O4. The highest BCUT2D eigenvalue weighted by Gasteiger charge is 2.45. The number of anilines is 1. The third-order valence-corrected chi connectivity index (χ3v) is 6.29. The van der Waals surface area contributed by atoms with Crippen LogP contribution in [0.3, 0.4) is 0 Å². The number of nitrogens with zero attached hydrogens (tertiary/aromatic N) is 4. The number of hydrogen-bond acceptors (Lipinski definition) is 7. The molecule has 1 aliphatic rings. The average Bonchev–Trinajstić information content (AvgIpc) is 3.45. The molecule has 0 radical (unpaired) electrons. The summed E-state index contributed by atoms with van der Waals surface area (Å²) >= 11 is 0. The summed E-state index contributed by atoms with van der Waals surface area (Å²) in [6.07, 6.45) is -0.607. The standard InChI is InChI=1S/C26H24FN5O4/c1-3-18-15(2)20(36-25(34)17-12-8-5-9-13-17)24(35-18)32-14-28-19-21(30-26(27)31-22(19)32)29-23(33)16-10-6-4-7-11-16/h4-15,18,20,24H,3H2,1-2H3,(H,29,30,31,33)/t15-,18-,20-,24-/m1/s1/i27-1. The molecule has 4 aromatic rings. The minimum atomic E-state index is -1.04. The molecule has 36 heavy (non-hydrogen) atoms. The topological polar surface area (TPSA) is 108 Å². The van der Waals surface area contributed by atoms with Crippen molar-refractivity contribution in [3.63, 3.8) is 0 Å². The van der Waals surface area contributed by atoms with E-state index in [1.54, 1.807) is 54.6 Å². The molecule has 3 heterocycles. The van der Waals surface area contributed by atoms with Crippen LogP contribution in [-0.4, -0.2) is 43.6 Å². The van der Waals surface area contributed by atoms with Crippen LogP contribution in [0.4, 0.5) is 10.2 Å². The minimum Gasteiger partial charge on any atom is -0.454 e. The molecule has 1 N–H and O–H groups in total. The van der Waals surface area contributed by atoms with Gasteiger partial charge in [-0.2, -0.15) is 14.4 Å². The fraction of sp³-hybridized carbons (Fsp3) is 0.269. The lowest BCUT2D eigenvalue weighted by Crippen LogP contribution is -2.30. The first-order chi connectivity index (χ1) is 17.5. The van der Waals surface area contributed by atoms with E-state index in [9.17, 15) is 14.0 Å². The largest absolute Gasteiger partial charge is 0.454 e. The van der Waals surface area contributed by atoms with E-state index in [1.807, 2.05) is 19.9 Å². The third kappa shape index (κ3) is 4.42. The van der Waals surface area contributed by atoms with Gasteiger partial charge in [-0.3, -0.25) is 9.36 Å². The number of rotatable bonds is 6. The molecule has 0 saturated carbocycles. The Morgan fingerprint density at radius 3 is 2.39 bits per heavy atom. The Bertz CT molecular complexity index is 1400. The minimum absolute atomic E-state index is 0.0685. The maximum absolute atomic E-state index is 14.5. The zero-order valence-electron chi connectivity index (χ0n) is 19.7. The van der Waals surface area contributed by atoms with Crippen LogP contribution in [0.5, 0.6) is 0 Å². The number of carbonyl (C=O) groups is 2. The zero-order chi connectivity index (χ0) is 25.2. The average molecular weight is 489 g/mol. The fourth-order valence-corrected chi connectivity index (χ4v) is 4.41. The van der Waals surface area contributed by atoms with Crippen molar-refractivity contribution in [1.82, 2.24) is 19.5 Å². The normalized spacial score (nSPS) is 21.4. The lowest BCUT2D eigenvalue weighted by atomic mass is 9.98. The van der Waals surface area contributed by atoms with Gasteiger partial charge in [0.1, 0.15) is 0 Å². The molecule has 0 spiro atoms. The molecule has 1 fully saturated rings. The molecule has 9 nitrogen and oxygen atoms in total. The smallest absolute Gasteiger partial charge is 0.338 e. The number of nitrogens with one attached hydrogen (secondary N) is 1. The van der Waals surface area contributed by atoms with Crippen LogP contribution in [0.15, 0.2) is 67.0 Å². The van der Waals surface area contributed by atoms with Crippen molar-refractivity contribution in [2.75, 3.05) is 5.32 Å². The van der Waals surface area contributed by atoms with Gasteiger partial charge in [-0.1, -0.05) is 50.2 Å². The lowest BCUT2D eigenvalue weighted by molar-refractivity contribution is -0.0469. The molecule has 184 valence electrons.